The van der Waals surface area contributed by atoms with Crippen LogP contribution in [-0.2, 0) is 9.84 Å². The monoisotopic (exact) mass is 363 g/mol. The summed E-state index contributed by atoms with van der Waals surface area (Å²) in [5, 5.41) is 3.28. The highest BCUT2D eigenvalue weighted by molar-refractivity contribution is 9.10. The Morgan fingerprint density at radius 1 is 1.50 bits per heavy atom. The lowest BCUT2D eigenvalue weighted by Gasteiger charge is -2.34. The SMILES string of the molecule is CCNC(c1ccoc1Br)C1CCCC(S(C)(=O)=O)C1. The molecule has 1 heterocycles. The topological polar surface area (TPSA) is 59.3 Å². The summed E-state index contributed by atoms with van der Waals surface area (Å²) in [6.45, 7) is 2.92. The number of hydrogen-bond acceptors (Lipinski definition) is 4. The summed E-state index contributed by atoms with van der Waals surface area (Å²) in [7, 11) is -2.95. The van der Waals surface area contributed by atoms with Crippen LogP contribution >= 0.6 is 15.9 Å². The Labute approximate surface area is 129 Å². The minimum absolute atomic E-state index is 0.151. The van der Waals surface area contributed by atoms with E-state index < -0.39 is 9.84 Å². The quantitative estimate of drug-likeness (QED) is 0.871. The Bertz CT molecular complexity index is 540. The lowest BCUT2D eigenvalue weighted by Crippen LogP contribution is -2.35. The number of hydrogen-bond donors (Lipinski definition) is 1. The summed E-state index contributed by atoms with van der Waals surface area (Å²) in [4.78, 5) is 0. The van der Waals surface area contributed by atoms with Gasteiger partial charge in [0.25, 0.3) is 0 Å². The van der Waals surface area contributed by atoms with Crippen molar-refractivity contribution in [2.45, 2.75) is 43.9 Å². The molecule has 1 fully saturated rings. The molecule has 1 aliphatic carbocycles. The molecule has 114 valence electrons. The van der Waals surface area contributed by atoms with E-state index >= 15 is 0 Å². The average molecular weight is 364 g/mol. The van der Waals surface area contributed by atoms with Gasteiger partial charge >= 0.3 is 0 Å². The van der Waals surface area contributed by atoms with Crippen LogP contribution < -0.4 is 5.32 Å². The van der Waals surface area contributed by atoms with Crippen molar-refractivity contribution in [1.29, 1.82) is 0 Å². The van der Waals surface area contributed by atoms with Crippen LogP contribution in [0.5, 0.6) is 0 Å². The molecular weight excluding hydrogens is 342 g/mol. The molecule has 0 amide bonds. The lowest BCUT2D eigenvalue weighted by atomic mass is 9.81. The molecule has 6 heteroatoms. The smallest absolute Gasteiger partial charge is 0.173 e. The minimum atomic E-state index is -2.95. The van der Waals surface area contributed by atoms with Crippen molar-refractivity contribution in [3.63, 3.8) is 0 Å². The van der Waals surface area contributed by atoms with Gasteiger partial charge in [-0.1, -0.05) is 13.3 Å². The van der Waals surface area contributed by atoms with Crippen molar-refractivity contribution in [2.24, 2.45) is 5.92 Å². The molecule has 1 aromatic rings. The van der Waals surface area contributed by atoms with Crippen LogP contribution in [0.15, 0.2) is 21.4 Å². The molecule has 1 aliphatic rings. The molecule has 3 atom stereocenters. The van der Waals surface area contributed by atoms with Crippen molar-refractivity contribution in [3.8, 4) is 0 Å². The zero-order valence-electron chi connectivity index (χ0n) is 11.9. The van der Waals surface area contributed by atoms with Gasteiger partial charge in [-0.15, -0.1) is 0 Å². The summed E-state index contributed by atoms with van der Waals surface area (Å²) in [5.74, 6) is 0.331. The number of rotatable bonds is 5. The third kappa shape index (κ3) is 3.65. The highest BCUT2D eigenvalue weighted by Gasteiger charge is 2.34. The number of sulfone groups is 1. The van der Waals surface area contributed by atoms with Gasteiger partial charge in [-0.3, -0.25) is 0 Å². The van der Waals surface area contributed by atoms with Gasteiger partial charge in [0.05, 0.1) is 11.5 Å². The van der Waals surface area contributed by atoms with Gasteiger partial charge < -0.3 is 9.73 Å². The van der Waals surface area contributed by atoms with E-state index in [1.165, 1.54) is 6.26 Å². The molecule has 0 saturated heterocycles. The van der Waals surface area contributed by atoms with Gasteiger partial charge in [0, 0.05) is 17.9 Å². The zero-order valence-corrected chi connectivity index (χ0v) is 14.3. The second-order valence-electron chi connectivity index (χ2n) is 5.56. The molecule has 3 unspecified atom stereocenters. The molecule has 0 bridgehead atoms. The lowest BCUT2D eigenvalue weighted by molar-refractivity contribution is 0.273. The van der Waals surface area contributed by atoms with E-state index in [-0.39, 0.29) is 11.3 Å². The van der Waals surface area contributed by atoms with Crippen molar-refractivity contribution in [3.05, 3.63) is 22.6 Å². The third-order valence-electron chi connectivity index (χ3n) is 4.15. The highest BCUT2D eigenvalue weighted by atomic mass is 79.9. The normalized spacial score (nSPS) is 25.6. The molecular formula is C14H22BrNO3S. The zero-order chi connectivity index (χ0) is 14.8. The molecule has 0 aliphatic heterocycles. The summed E-state index contributed by atoms with van der Waals surface area (Å²) in [6, 6.07) is 2.11. The summed E-state index contributed by atoms with van der Waals surface area (Å²) in [6.07, 6.45) is 6.58. The van der Waals surface area contributed by atoms with E-state index in [0.29, 0.717) is 5.92 Å². The molecule has 0 aromatic carbocycles. The first-order valence-corrected chi connectivity index (χ1v) is 9.83. The second kappa shape index (κ2) is 6.62. The average Bonchev–Trinajstić information content (AvgIpc) is 2.81. The maximum atomic E-state index is 11.8. The molecule has 2 rings (SSSR count). The largest absolute Gasteiger partial charge is 0.457 e. The summed E-state index contributed by atoms with van der Waals surface area (Å²) >= 11 is 3.43. The third-order valence-corrected chi connectivity index (χ3v) is 6.43. The molecule has 4 nitrogen and oxygen atoms in total. The number of halogens is 1. The molecule has 1 N–H and O–H groups in total. The van der Waals surface area contributed by atoms with Crippen molar-refractivity contribution in [2.75, 3.05) is 12.8 Å². The van der Waals surface area contributed by atoms with Crippen LogP contribution in [0.4, 0.5) is 0 Å². The molecule has 0 radical (unpaired) electrons. The summed E-state index contributed by atoms with van der Waals surface area (Å²) < 4.78 is 29.7. The van der Waals surface area contributed by atoms with E-state index in [0.717, 1.165) is 42.5 Å². The van der Waals surface area contributed by atoms with Gasteiger partial charge in [0.1, 0.15) is 9.84 Å². The van der Waals surface area contributed by atoms with Crippen molar-refractivity contribution < 1.29 is 12.8 Å². The van der Waals surface area contributed by atoms with Crippen LogP contribution in [0.25, 0.3) is 0 Å². The Morgan fingerprint density at radius 2 is 2.25 bits per heavy atom. The first-order valence-electron chi connectivity index (χ1n) is 7.08. The van der Waals surface area contributed by atoms with Gasteiger partial charge in [0.2, 0.25) is 0 Å². The van der Waals surface area contributed by atoms with Crippen LogP contribution in [0.2, 0.25) is 0 Å². The van der Waals surface area contributed by atoms with Gasteiger partial charge in [-0.25, -0.2) is 8.42 Å². The van der Waals surface area contributed by atoms with E-state index in [1.807, 2.05) is 6.07 Å². The number of furan rings is 1. The predicted octanol–water partition coefficient (Wildman–Crippen LogP) is 3.30. The van der Waals surface area contributed by atoms with E-state index in [2.05, 4.69) is 28.2 Å². The first-order chi connectivity index (χ1) is 9.43. The van der Waals surface area contributed by atoms with Crippen LogP contribution in [0.1, 0.15) is 44.2 Å². The first kappa shape index (κ1) is 16.0. The van der Waals surface area contributed by atoms with Gasteiger partial charge in [-0.2, -0.15) is 0 Å². The Balaban J connectivity index is 2.19. The minimum Gasteiger partial charge on any atom is -0.457 e. The van der Waals surface area contributed by atoms with Crippen LogP contribution in [-0.4, -0.2) is 26.5 Å². The second-order valence-corrected chi connectivity index (χ2v) is 8.61. The fourth-order valence-electron chi connectivity index (χ4n) is 3.15. The van der Waals surface area contributed by atoms with Crippen molar-refractivity contribution >= 4 is 25.8 Å². The fourth-order valence-corrected chi connectivity index (χ4v) is 4.83. The Kier molecular flexibility index (Phi) is 5.31. The number of nitrogens with one attached hydrogen (secondary N) is 1. The van der Waals surface area contributed by atoms with E-state index in [1.54, 1.807) is 6.26 Å². The molecule has 0 spiro atoms. The standard InChI is InChI=1S/C14H22BrNO3S/c1-3-16-13(12-7-8-19-14(12)15)10-5-4-6-11(9-10)20(2,17)18/h7-8,10-11,13,16H,3-6,9H2,1-2H3. The van der Waals surface area contributed by atoms with Gasteiger partial charge in [0.15, 0.2) is 4.67 Å². The highest BCUT2D eigenvalue weighted by Crippen LogP contribution is 2.39. The van der Waals surface area contributed by atoms with E-state index in [9.17, 15) is 8.42 Å². The maximum Gasteiger partial charge on any atom is 0.173 e. The summed E-state index contributed by atoms with van der Waals surface area (Å²) in [5.41, 5.74) is 1.09. The van der Waals surface area contributed by atoms with Crippen molar-refractivity contribution in [1.82, 2.24) is 5.32 Å². The fraction of sp³-hybridized carbons (Fsp3) is 0.714. The molecule has 20 heavy (non-hydrogen) atoms. The Morgan fingerprint density at radius 3 is 2.80 bits per heavy atom. The predicted molar refractivity (Wildman–Crippen MR) is 83.4 cm³/mol. The van der Waals surface area contributed by atoms with Gasteiger partial charge in [-0.05, 0) is 53.7 Å². The molecule has 1 aromatic heterocycles. The van der Waals surface area contributed by atoms with E-state index in [4.69, 9.17) is 4.42 Å². The van der Waals surface area contributed by atoms with Crippen LogP contribution in [0.3, 0.4) is 0 Å². The Hall–Kier alpha value is -0.330. The maximum absolute atomic E-state index is 11.8. The molecule has 1 saturated carbocycles. The van der Waals surface area contributed by atoms with Crippen LogP contribution in [0, 0.1) is 5.92 Å².